The third kappa shape index (κ3) is 2.40. The van der Waals surface area contributed by atoms with Crippen LogP contribution in [0.2, 0.25) is 0 Å². The molecule has 1 aromatic heterocycles. The summed E-state index contributed by atoms with van der Waals surface area (Å²) in [6.45, 7) is 11.1. The topological polar surface area (TPSA) is 13.1 Å². The van der Waals surface area contributed by atoms with Gasteiger partial charge in [0.25, 0.3) is 0 Å². The Morgan fingerprint density at radius 3 is 2.21 bits per heavy atom. The fraction of sp³-hybridized carbons (Fsp3) is 0.692. The van der Waals surface area contributed by atoms with E-state index in [0.717, 1.165) is 11.5 Å². The molecule has 80 valence electrons. The standard InChI is InChI=1S/C13H22O/c1-6-10(4)13(9(2)3)12-8-7-11(5)14-12/h7-10,13H,6H2,1-5H3/t10?,13-/m0/s1. The van der Waals surface area contributed by atoms with Gasteiger partial charge in [-0.3, -0.25) is 0 Å². The van der Waals surface area contributed by atoms with Gasteiger partial charge < -0.3 is 4.42 Å². The second kappa shape index (κ2) is 4.68. The Morgan fingerprint density at radius 1 is 1.21 bits per heavy atom. The van der Waals surface area contributed by atoms with Gasteiger partial charge in [-0.25, -0.2) is 0 Å². The van der Waals surface area contributed by atoms with E-state index in [1.807, 2.05) is 6.92 Å². The van der Waals surface area contributed by atoms with Gasteiger partial charge >= 0.3 is 0 Å². The molecule has 1 aromatic rings. The molecule has 0 saturated carbocycles. The van der Waals surface area contributed by atoms with Crippen molar-refractivity contribution >= 4 is 0 Å². The monoisotopic (exact) mass is 194 g/mol. The third-order valence-electron chi connectivity index (χ3n) is 3.06. The summed E-state index contributed by atoms with van der Waals surface area (Å²) >= 11 is 0. The van der Waals surface area contributed by atoms with Gasteiger partial charge in [0.2, 0.25) is 0 Å². The summed E-state index contributed by atoms with van der Waals surface area (Å²) in [5.41, 5.74) is 0. The molecular weight excluding hydrogens is 172 g/mol. The molecule has 1 heteroatoms. The van der Waals surface area contributed by atoms with Gasteiger partial charge in [0.1, 0.15) is 11.5 Å². The lowest BCUT2D eigenvalue weighted by Crippen LogP contribution is -2.14. The highest BCUT2D eigenvalue weighted by molar-refractivity contribution is 5.11. The predicted octanol–water partition coefficient (Wildman–Crippen LogP) is 4.37. The van der Waals surface area contributed by atoms with Crippen LogP contribution in [0.1, 0.15) is 51.6 Å². The van der Waals surface area contributed by atoms with Crippen LogP contribution in [0.4, 0.5) is 0 Å². The number of hydrogen-bond acceptors (Lipinski definition) is 1. The van der Waals surface area contributed by atoms with Crippen LogP contribution in [0.15, 0.2) is 16.5 Å². The van der Waals surface area contributed by atoms with E-state index in [2.05, 4.69) is 39.8 Å². The highest BCUT2D eigenvalue weighted by Crippen LogP contribution is 2.34. The van der Waals surface area contributed by atoms with Crippen molar-refractivity contribution in [2.75, 3.05) is 0 Å². The quantitative estimate of drug-likeness (QED) is 0.693. The first-order valence-corrected chi connectivity index (χ1v) is 5.62. The summed E-state index contributed by atoms with van der Waals surface area (Å²) in [4.78, 5) is 0. The van der Waals surface area contributed by atoms with Gasteiger partial charge in [0.05, 0.1) is 0 Å². The van der Waals surface area contributed by atoms with Crippen LogP contribution in [0.25, 0.3) is 0 Å². The Balaban J connectivity index is 2.88. The van der Waals surface area contributed by atoms with E-state index in [-0.39, 0.29) is 0 Å². The molecule has 0 spiro atoms. The minimum atomic E-state index is 0.564. The van der Waals surface area contributed by atoms with Gasteiger partial charge in [-0.05, 0) is 30.9 Å². The van der Waals surface area contributed by atoms with Crippen LogP contribution >= 0.6 is 0 Å². The molecule has 0 aliphatic heterocycles. The molecule has 1 rings (SSSR count). The van der Waals surface area contributed by atoms with Crippen LogP contribution < -0.4 is 0 Å². The lowest BCUT2D eigenvalue weighted by atomic mass is 9.81. The zero-order chi connectivity index (χ0) is 10.7. The van der Waals surface area contributed by atoms with Crippen molar-refractivity contribution in [3.05, 3.63) is 23.7 Å². The largest absolute Gasteiger partial charge is 0.466 e. The van der Waals surface area contributed by atoms with E-state index in [0.29, 0.717) is 17.8 Å². The number of hydrogen-bond donors (Lipinski definition) is 0. The fourth-order valence-electron chi connectivity index (χ4n) is 2.15. The summed E-state index contributed by atoms with van der Waals surface area (Å²) in [6.07, 6.45) is 1.21. The molecule has 0 aliphatic carbocycles. The Kier molecular flexibility index (Phi) is 3.79. The van der Waals surface area contributed by atoms with Crippen molar-refractivity contribution in [2.45, 2.75) is 47.0 Å². The van der Waals surface area contributed by atoms with Crippen molar-refractivity contribution in [2.24, 2.45) is 11.8 Å². The summed E-state index contributed by atoms with van der Waals surface area (Å²) < 4.78 is 5.73. The van der Waals surface area contributed by atoms with Crippen LogP contribution in [-0.4, -0.2) is 0 Å². The number of furan rings is 1. The maximum atomic E-state index is 5.73. The van der Waals surface area contributed by atoms with Crippen molar-refractivity contribution in [1.82, 2.24) is 0 Å². The normalized spacial score (nSPS) is 15.9. The molecule has 2 atom stereocenters. The van der Waals surface area contributed by atoms with E-state index in [1.54, 1.807) is 0 Å². The Bertz CT molecular complexity index is 273. The first-order valence-electron chi connectivity index (χ1n) is 5.62. The van der Waals surface area contributed by atoms with E-state index in [1.165, 1.54) is 6.42 Å². The molecule has 0 amide bonds. The Morgan fingerprint density at radius 2 is 1.86 bits per heavy atom. The smallest absolute Gasteiger partial charge is 0.107 e. The summed E-state index contributed by atoms with van der Waals surface area (Å²) in [5.74, 6) is 4.09. The molecule has 14 heavy (non-hydrogen) atoms. The molecular formula is C13H22O. The lowest BCUT2D eigenvalue weighted by molar-refractivity contribution is 0.299. The van der Waals surface area contributed by atoms with Gasteiger partial charge in [-0.15, -0.1) is 0 Å². The zero-order valence-corrected chi connectivity index (χ0v) is 10.0. The lowest BCUT2D eigenvalue weighted by Gasteiger charge is -2.24. The minimum absolute atomic E-state index is 0.564. The fourth-order valence-corrected chi connectivity index (χ4v) is 2.15. The molecule has 1 heterocycles. The zero-order valence-electron chi connectivity index (χ0n) is 10.0. The Hall–Kier alpha value is -0.720. The van der Waals surface area contributed by atoms with Crippen molar-refractivity contribution in [3.8, 4) is 0 Å². The summed E-state index contributed by atoms with van der Waals surface area (Å²) in [6, 6.07) is 4.19. The minimum Gasteiger partial charge on any atom is -0.466 e. The van der Waals surface area contributed by atoms with Crippen molar-refractivity contribution < 1.29 is 4.42 Å². The first-order chi connectivity index (χ1) is 6.56. The molecule has 0 aromatic carbocycles. The van der Waals surface area contributed by atoms with Crippen LogP contribution in [0.5, 0.6) is 0 Å². The highest BCUT2D eigenvalue weighted by Gasteiger charge is 2.24. The predicted molar refractivity (Wildman–Crippen MR) is 60.5 cm³/mol. The third-order valence-corrected chi connectivity index (χ3v) is 3.06. The second-order valence-corrected chi connectivity index (χ2v) is 4.60. The van der Waals surface area contributed by atoms with Crippen LogP contribution in [0, 0.1) is 18.8 Å². The molecule has 0 fully saturated rings. The van der Waals surface area contributed by atoms with Crippen molar-refractivity contribution in [1.29, 1.82) is 0 Å². The number of aryl methyl sites for hydroxylation is 1. The molecule has 0 N–H and O–H groups in total. The summed E-state index contributed by atoms with van der Waals surface area (Å²) in [5, 5.41) is 0. The van der Waals surface area contributed by atoms with E-state index >= 15 is 0 Å². The average Bonchev–Trinajstić information content (AvgIpc) is 2.51. The van der Waals surface area contributed by atoms with Gasteiger partial charge in [-0.2, -0.15) is 0 Å². The Labute approximate surface area is 87.5 Å². The number of rotatable bonds is 4. The van der Waals surface area contributed by atoms with E-state index < -0.39 is 0 Å². The molecule has 1 unspecified atom stereocenters. The van der Waals surface area contributed by atoms with Gasteiger partial charge in [0.15, 0.2) is 0 Å². The molecule has 1 nitrogen and oxygen atoms in total. The second-order valence-electron chi connectivity index (χ2n) is 4.60. The van der Waals surface area contributed by atoms with Crippen LogP contribution in [-0.2, 0) is 0 Å². The van der Waals surface area contributed by atoms with E-state index in [4.69, 9.17) is 4.42 Å². The van der Waals surface area contributed by atoms with Gasteiger partial charge in [-0.1, -0.05) is 34.1 Å². The molecule has 0 aliphatic rings. The summed E-state index contributed by atoms with van der Waals surface area (Å²) in [7, 11) is 0. The molecule has 0 saturated heterocycles. The van der Waals surface area contributed by atoms with Gasteiger partial charge in [0, 0.05) is 5.92 Å². The maximum Gasteiger partial charge on any atom is 0.107 e. The first kappa shape index (κ1) is 11.4. The molecule has 0 radical (unpaired) electrons. The highest BCUT2D eigenvalue weighted by atomic mass is 16.3. The van der Waals surface area contributed by atoms with E-state index in [9.17, 15) is 0 Å². The average molecular weight is 194 g/mol. The van der Waals surface area contributed by atoms with Crippen molar-refractivity contribution in [3.63, 3.8) is 0 Å². The van der Waals surface area contributed by atoms with Crippen LogP contribution in [0.3, 0.4) is 0 Å². The maximum absolute atomic E-state index is 5.73. The molecule has 0 bridgehead atoms. The SMILES string of the molecule is CCC(C)[C@@H](c1ccc(C)o1)C(C)C.